The molecular weight excluding hydrogens is 306 g/mol. The van der Waals surface area contributed by atoms with Gasteiger partial charge >= 0.3 is 0 Å². The highest BCUT2D eigenvalue weighted by molar-refractivity contribution is 5.92. The number of nitrogens with one attached hydrogen (secondary N) is 1. The molecule has 3 rings (SSSR count). The first-order valence-corrected chi connectivity index (χ1v) is 8.85. The highest BCUT2D eigenvalue weighted by atomic mass is 16.3. The first kappa shape index (κ1) is 16.7. The summed E-state index contributed by atoms with van der Waals surface area (Å²) in [7, 11) is 0. The third-order valence-corrected chi connectivity index (χ3v) is 4.94. The van der Waals surface area contributed by atoms with Crippen LogP contribution in [0.3, 0.4) is 0 Å². The zero-order chi connectivity index (χ0) is 16.9. The lowest BCUT2D eigenvalue weighted by molar-refractivity contribution is -0.117. The fourth-order valence-corrected chi connectivity index (χ4v) is 3.62. The Morgan fingerprint density at radius 1 is 1.25 bits per heavy atom. The van der Waals surface area contributed by atoms with Crippen molar-refractivity contribution < 1.29 is 14.0 Å². The van der Waals surface area contributed by atoms with E-state index in [9.17, 15) is 9.59 Å². The number of rotatable bonds is 4. The van der Waals surface area contributed by atoms with Crippen LogP contribution < -0.4 is 5.32 Å². The van der Waals surface area contributed by atoms with E-state index in [0.717, 1.165) is 25.7 Å². The van der Waals surface area contributed by atoms with Crippen LogP contribution in [0.15, 0.2) is 23.3 Å². The average Bonchev–Trinajstić information content (AvgIpc) is 3.12. The molecule has 2 heterocycles. The lowest BCUT2D eigenvalue weighted by Gasteiger charge is -2.32. The number of hydrogen-bond donors (Lipinski definition) is 1. The molecule has 1 N–H and O–H groups in total. The molecule has 6 heteroatoms. The van der Waals surface area contributed by atoms with Crippen LogP contribution in [-0.4, -0.2) is 40.8 Å². The van der Waals surface area contributed by atoms with Crippen molar-refractivity contribution in [2.75, 3.05) is 13.1 Å². The number of aromatic nitrogens is 1. The number of amides is 2. The summed E-state index contributed by atoms with van der Waals surface area (Å²) in [5, 5.41) is 2.87. The third-order valence-electron chi connectivity index (χ3n) is 4.94. The maximum Gasteiger partial charge on any atom is 0.275 e. The van der Waals surface area contributed by atoms with Crippen LogP contribution in [0.1, 0.15) is 67.2 Å². The first-order chi connectivity index (χ1) is 11.7. The SMILES string of the molecule is C=CC(=O)N[C@@H]1CCCN(C(=O)c2coc(C3CCCCC3)n2)C1. The lowest BCUT2D eigenvalue weighted by atomic mass is 9.89. The Bertz CT molecular complexity index is 604. The Labute approximate surface area is 142 Å². The molecule has 1 aliphatic heterocycles. The van der Waals surface area contributed by atoms with Crippen LogP contribution >= 0.6 is 0 Å². The van der Waals surface area contributed by atoms with Crippen molar-refractivity contribution in [2.45, 2.75) is 56.9 Å². The van der Waals surface area contributed by atoms with E-state index in [1.54, 1.807) is 4.90 Å². The smallest absolute Gasteiger partial charge is 0.275 e. The zero-order valence-corrected chi connectivity index (χ0v) is 14.0. The minimum absolute atomic E-state index is 0.0297. The van der Waals surface area contributed by atoms with E-state index < -0.39 is 0 Å². The highest BCUT2D eigenvalue weighted by Gasteiger charge is 2.28. The minimum atomic E-state index is -0.199. The second-order valence-corrected chi connectivity index (χ2v) is 6.71. The van der Waals surface area contributed by atoms with Crippen LogP contribution in [0.25, 0.3) is 0 Å². The minimum Gasteiger partial charge on any atom is -0.448 e. The third kappa shape index (κ3) is 3.86. The molecule has 0 spiro atoms. The van der Waals surface area contributed by atoms with Gasteiger partial charge in [-0.25, -0.2) is 4.98 Å². The van der Waals surface area contributed by atoms with Crippen molar-refractivity contribution in [3.63, 3.8) is 0 Å². The molecule has 0 radical (unpaired) electrons. The zero-order valence-electron chi connectivity index (χ0n) is 14.0. The molecule has 24 heavy (non-hydrogen) atoms. The Kier molecular flexibility index (Phi) is 5.33. The number of carbonyl (C=O) groups is 2. The summed E-state index contributed by atoms with van der Waals surface area (Å²) in [6.45, 7) is 4.65. The molecule has 1 aliphatic carbocycles. The topological polar surface area (TPSA) is 75.4 Å². The van der Waals surface area contributed by atoms with Crippen molar-refractivity contribution in [1.29, 1.82) is 0 Å². The largest absolute Gasteiger partial charge is 0.448 e. The molecule has 0 unspecified atom stereocenters. The van der Waals surface area contributed by atoms with E-state index in [-0.39, 0.29) is 17.9 Å². The monoisotopic (exact) mass is 331 g/mol. The molecule has 0 aromatic carbocycles. The van der Waals surface area contributed by atoms with Gasteiger partial charge in [-0.15, -0.1) is 0 Å². The van der Waals surface area contributed by atoms with E-state index in [2.05, 4.69) is 16.9 Å². The summed E-state index contributed by atoms with van der Waals surface area (Å²) in [5.74, 6) is 0.738. The second-order valence-electron chi connectivity index (χ2n) is 6.71. The Morgan fingerprint density at radius 2 is 2.04 bits per heavy atom. The second kappa shape index (κ2) is 7.64. The summed E-state index contributed by atoms with van der Waals surface area (Å²) in [6, 6.07) is -0.0297. The molecule has 6 nitrogen and oxygen atoms in total. The fraction of sp³-hybridized carbons (Fsp3) is 0.611. The van der Waals surface area contributed by atoms with E-state index in [1.807, 2.05) is 0 Å². The molecule has 130 valence electrons. The van der Waals surface area contributed by atoms with Gasteiger partial charge in [0, 0.05) is 25.0 Å². The van der Waals surface area contributed by atoms with E-state index >= 15 is 0 Å². The van der Waals surface area contributed by atoms with Gasteiger partial charge in [0.25, 0.3) is 5.91 Å². The van der Waals surface area contributed by atoms with Crippen molar-refractivity contribution in [3.8, 4) is 0 Å². The molecule has 1 aromatic heterocycles. The van der Waals surface area contributed by atoms with Crippen molar-refractivity contribution in [3.05, 3.63) is 30.5 Å². The fourth-order valence-electron chi connectivity index (χ4n) is 3.62. The number of nitrogens with zero attached hydrogens (tertiary/aromatic N) is 2. The normalized spacial score (nSPS) is 22.2. The maximum absolute atomic E-state index is 12.7. The molecule has 1 atom stereocenters. The molecule has 2 fully saturated rings. The maximum atomic E-state index is 12.7. The molecule has 2 amide bonds. The summed E-state index contributed by atoms with van der Waals surface area (Å²) >= 11 is 0. The average molecular weight is 331 g/mol. The van der Waals surface area contributed by atoms with Crippen molar-refractivity contribution >= 4 is 11.8 Å². The van der Waals surface area contributed by atoms with E-state index in [4.69, 9.17) is 4.42 Å². The highest BCUT2D eigenvalue weighted by Crippen LogP contribution is 2.32. The Balaban J connectivity index is 1.62. The molecular formula is C18H25N3O3. The van der Waals surface area contributed by atoms with E-state index in [1.165, 1.54) is 31.6 Å². The molecule has 1 aromatic rings. The van der Waals surface area contributed by atoms with Crippen LogP contribution in [0, 0.1) is 0 Å². The van der Waals surface area contributed by atoms with Gasteiger partial charge < -0.3 is 14.6 Å². The van der Waals surface area contributed by atoms with Crippen molar-refractivity contribution in [1.82, 2.24) is 15.2 Å². The Hall–Kier alpha value is -2.11. The van der Waals surface area contributed by atoms with Crippen LogP contribution in [0.4, 0.5) is 0 Å². The summed E-state index contributed by atoms with van der Waals surface area (Å²) in [5.41, 5.74) is 0.381. The summed E-state index contributed by atoms with van der Waals surface area (Å²) < 4.78 is 5.58. The number of likely N-dealkylation sites (tertiary alicyclic amines) is 1. The van der Waals surface area contributed by atoms with Gasteiger partial charge in [0.05, 0.1) is 0 Å². The predicted octanol–water partition coefficient (Wildman–Crippen LogP) is 2.63. The van der Waals surface area contributed by atoms with Gasteiger partial charge in [-0.1, -0.05) is 25.8 Å². The predicted molar refractivity (Wildman–Crippen MR) is 89.6 cm³/mol. The van der Waals surface area contributed by atoms with Crippen LogP contribution in [0.5, 0.6) is 0 Å². The van der Waals surface area contributed by atoms with Gasteiger partial charge in [0.1, 0.15) is 6.26 Å². The quantitative estimate of drug-likeness (QED) is 0.861. The van der Waals surface area contributed by atoms with Gasteiger partial charge in [-0.3, -0.25) is 9.59 Å². The first-order valence-electron chi connectivity index (χ1n) is 8.85. The van der Waals surface area contributed by atoms with Gasteiger partial charge in [0.2, 0.25) is 5.91 Å². The van der Waals surface area contributed by atoms with Gasteiger partial charge in [-0.2, -0.15) is 0 Å². The summed E-state index contributed by atoms with van der Waals surface area (Å²) in [6.07, 6.45) is 10.3. The van der Waals surface area contributed by atoms with Crippen LogP contribution in [0.2, 0.25) is 0 Å². The van der Waals surface area contributed by atoms with Crippen LogP contribution in [-0.2, 0) is 4.79 Å². The van der Waals surface area contributed by atoms with Gasteiger partial charge in [0.15, 0.2) is 11.6 Å². The molecule has 2 aliphatic rings. The standard InChI is InChI=1S/C18H25N3O3/c1-2-16(22)19-14-9-6-10-21(11-14)18(23)15-12-24-17(20-15)13-7-4-3-5-8-13/h2,12-14H,1,3-11H2,(H,19,22)/t14-/m1/s1. The summed E-state index contributed by atoms with van der Waals surface area (Å²) in [4.78, 5) is 30.3. The number of carbonyl (C=O) groups excluding carboxylic acids is 2. The van der Waals surface area contributed by atoms with Gasteiger partial charge in [-0.05, 0) is 31.8 Å². The number of hydrogen-bond acceptors (Lipinski definition) is 4. The number of oxazole rings is 1. The number of piperidine rings is 1. The van der Waals surface area contributed by atoms with Crippen molar-refractivity contribution in [2.24, 2.45) is 0 Å². The molecule has 0 bridgehead atoms. The lowest BCUT2D eigenvalue weighted by Crippen LogP contribution is -2.49. The Morgan fingerprint density at radius 3 is 2.79 bits per heavy atom. The van der Waals surface area contributed by atoms with E-state index in [0.29, 0.717) is 30.6 Å². The molecule has 1 saturated carbocycles. The molecule has 1 saturated heterocycles.